The number of hydrogen-bond donors (Lipinski definition) is 3. The van der Waals surface area contributed by atoms with E-state index in [0.29, 0.717) is 5.56 Å². The highest BCUT2D eigenvalue weighted by atomic mass is 35.5. The van der Waals surface area contributed by atoms with Crippen molar-refractivity contribution in [1.29, 1.82) is 0 Å². The molecule has 1 aromatic heterocycles. The van der Waals surface area contributed by atoms with Gasteiger partial charge in [0.05, 0.1) is 6.04 Å². The Bertz CT molecular complexity index is 501. The molecule has 1 heterocycles. The van der Waals surface area contributed by atoms with Gasteiger partial charge < -0.3 is 15.8 Å². The number of aliphatic hydroxyl groups is 1. The molecule has 0 aliphatic carbocycles. The molecular formula is C11H13ClF2N2O. The number of fused-ring (bicyclic) bond motifs is 1. The van der Waals surface area contributed by atoms with E-state index in [9.17, 15) is 8.78 Å². The molecule has 0 spiro atoms. The predicted molar refractivity (Wildman–Crippen MR) is 64.5 cm³/mol. The van der Waals surface area contributed by atoms with Crippen LogP contribution in [0.2, 0.25) is 0 Å². The first kappa shape index (κ1) is 13.9. The van der Waals surface area contributed by atoms with Crippen LogP contribution in [-0.4, -0.2) is 22.6 Å². The number of hydrogen-bond acceptors (Lipinski definition) is 2. The van der Waals surface area contributed by atoms with Crippen LogP contribution in [0.1, 0.15) is 11.6 Å². The molecule has 0 unspecified atom stereocenters. The van der Waals surface area contributed by atoms with Gasteiger partial charge in [-0.1, -0.05) is 12.1 Å². The molecule has 1 atom stereocenters. The lowest BCUT2D eigenvalue weighted by Gasteiger charge is -2.21. The van der Waals surface area contributed by atoms with Gasteiger partial charge in [-0.2, -0.15) is 0 Å². The van der Waals surface area contributed by atoms with Crippen LogP contribution >= 0.6 is 12.4 Å². The summed E-state index contributed by atoms with van der Waals surface area (Å²) in [6.07, 6.45) is 1.73. The van der Waals surface area contributed by atoms with Crippen LogP contribution in [0.5, 0.6) is 0 Å². The topological polar surface area (TPSA) is 62.0 Å². The molecule has 0 saturated heterocycles. The second-order valence-corrected chi connectivity index (χ2v) is 3.72. The zero-order valence-corrected chi connectivity index (χ0v) is 9.68. The molecule has 0 amide bonds. The van der Waals surface area contributed by atoms with Gasteiger partial charge in [0, 0.05) is 11.7 Å². The summed E-state index contributed by atoms with van der Waals surface area (Å²) >= 11 is 0. The van der Waals surface area contributed by atoms with E-state index in [2.05, 4.69) is 4.98 Å². The number of alkyl halides is 2. The van der Waals surface area contributed by atoms with E-state index in [-0.39, 0.29) is 12.4 Å². The van der Waals surface area contributed by atoms with Crippen molar-refractivity contribution in [3.63, 3.8) is 0 Å². The Labute approximate surface area is 103 Å². The van der Waals surface area contributed by atoms with E-state index in [1.807, 2.05) is 6.07 Å². The molecule has 94 valence electrons. The highest BCUT2D eigenvalue weighted by Gasteiger charge is 2.37. The smallest absolute Gasteiger partial charge is 0.289 e. The van der Waals surface area contributed by atoms with Gasteiger partial charge in [0.2, 0.25) is 0 Å². The summed E-state index contributed by atoms with van der Waals surface area (Å²) in [5, 5.41) is 9.49. The Kier molecular flexibility index (Phi) is 4.08. The molecule has 0 fully saturated rings. The standard InChI is InChI=1S/C11H12F2N2O.ClH/c12-11(13,6-16)10(14)8-2-1-7-3-4-15-9(7)5-8;/h1-5,10,15-16H,6,14H2;1H/t10-;/m0./s1. The average molecular weight is 263 g/mol. The number of halogens is 3. The van der Waals surface area contributed by atoms with Gasteiger partial charge in [0.15, 0.2) is 0 Å². The highest BCUT2D eigenvalue weighted by molar-refractivity contribution is 5.85. The third kappa shape index (κ3) is 2.57. The quantitative estimate of drug-likeness (QED) is 0.794. The molecule has 2 aromatic rings. The lowest BCUT2D eigenvalue weighted by Crippen LogP contribution is -2.36. The zero-order chi connectivity index (χ0) is 11.8. The van der Waals surface area contributed by atoms with Crippen LogP contribution in [0.4, 0.5) is 8.78 Å². The Morgan fingerprint density at radius 3 is 2.71 bits per heavy atom. The number of aromatic nitrogens is 1. The minimum absolute atomic E-state index is 0. The summed E-state index contributed by atoms with van der Waals surface area (Å²) in [5.41, 5.74) is 6.47. The SMILES string of the molecule is Cl.N[C@@H](c1ccc2cc[nH]c2c1)C(F)(F)CO. The molecule has 17 heavy (non-hydrogen) atoms. The summed E-state index contributed by atoms with van der Waals surface area (Å²) in [7, 11) is 0. The molecule has 0 bridgehead atoms. The van der Waals surface area contributed by atoms with Crippen molar-refractivity contribution in [2.24, 2.45) is 5.73 Å². The minimum atomic E-state index is -3.31. The first-order chi connectivity index (χ1) is 7.54. The molecule has 3 nitrogen and oxygen atoms in total. The predicted octanol–water partition coefficient (Wildman–Crippen LogP) is 2.22. The van der Waals surface area contributed by atoms with Crippen molar-refractivity contribution >= 4 is 23.3 Å². The minimum Gasteiger partial charge on any atom is -0.390 e. The van der Waals surface area contributed by atoms with Crippen LogP contribution in [0, 0.1) is 0 Å². The first-order valence-corrected chi connectivity index (χ1v) is 4.86. The number of aliphatic hydroxyl groups excluding tert-OH is 1. The fourth-order valence-electron chi connectivity index (χ4n) is 1.60. The maximum absolute atomic E-state index is 13.2. The molecule has 0 saturated carbocycles. The molecule has 1 aromatic carbocycles. The number of nitrogens with one attached hydrogen (secondary N) is 1. The number of aromatic amines is 1. The first-order valence-electron chi connectivity index (χ1n) is 4.86. The van der Waals surface area contributed by atoms with Gasteiger partial charge in [-0.25, -0.2) is 8.78 Å². The van der Waals surface area contributed by atoms with Crippen LogP contribution in [-0.2, 0) is 0 Å². The van der Waals surface area contributed by atoms with Crippen LogP contribution in [0.15, 0.2) is 30.5 Å². The molecule has 0 aliphatic heterocycles. The van der Waals surface area contributed by atoms with Crippen molar-refractivity contribution in [3.8, 4) is 0 Å². The molecule has 0 aliphatic rings. The summed E-state index contributed by atoms with van der Waals surface area (Å²) in [6.45, 7) is -1.25. The summed E-state index contributed by atoms with van der Waals surface area (Å²) in [4.78, 5) is 2.92. The van der Waals surface area contributed by atoms with Gasteiger partial charge in [0.25, 0.3) is 5.92 Å². The Hall–Kier alpha value is -1.17. The van der Waals surface area contributed by atoms with Gasteiger partial charge >= 0.3 is 0 Å². The van der Waals surface area contributed by atoms with E-state index in [0.717, 1.165) is 10.9 Å². The van der Waals surface area contributed by atoms with E-state index in [1.165, 1.54) is 0 Å². The fourth-order valence-corrected chi connectivity index (χ4v) is 1.60. The van der Waals surface area contributed by atoms with Gasteiger partial charge in [-0.15, -0.1) is 12.4 Å². The maximum Gasteiger partial charge on any atom is 0.289 e. The number of H-pyrrole nitrogens is 1. The lowest BCUT2D eigenvalue weighted by atomic mass is 10.0. The largest absolute Gasteiger partial charge is 0.390 e. The van der Waals surface area contributed by atoms with Crippen molar-refractivity contribution in [1.82, 2.24) is 4.98 Å². The normalized spacial score (nSPS) is 13.4. The average Bonchev–Trinajstić information content (AvgIpc) is 2.74. The number of rotatable bonds is 3. The van der Waals surface area contributed by atoms with Gasteiger partial charge in [-0.05, 0) is 23.1 Å². The summed E-state index contributed by atoms with van der Waals surface area (Å²) in [5.74, 6) is -3.31. The Balaban J connectivity index is 0.00000144. The van der Waals surface area contributed by atoms with Crippen LogP contribution in [0.3, 0.4) is 0 Å². The van der Waals surface area contributed by atoms with E-state index < -0.39 is 18.6 Å². The van der Waals surface area contributed by atoms with Crippen molar-refractivity contribution in [3.05, 3.63) is 36.0 Å². The molecule has 4 N–H and O–H groups in total. The van der Waals surface area contributed by atoms with Crippen LogP contribution < -0.4 is 5.73 Å². The highest BCUT2D eigenvalue weighted by Crippen LogP contribution is 2.30. The Morgan fingerprint density at radius 1 is 1.35 bits per heavy atom. The zero-order valence-electron chi connectivity index (χ0n) is 8.86. The lowest BCUT2D eigenvalue weighted by molar-refractivity contribution is -0.0711. The molecule has 2 rings (SSSR count). The van der Waals surface area contributed by atoms with Gasteiger partial charge in [0.1, 0.15) is 6.61 Å². The maximum atomic E-state index is 13.2. The van der Waals surface area contributed by atoms with Crippen molar-refractivity contribution in [2.45, 2.75) is 12.0 Å². The second kappa shape index (κ2) is 5.00. The monoisotopic (exact) mass is 262 g/mol. The fraction of sp³-hybridized carbons (Fsp3) is 0.273. The summed E-state index contributed by atoms with van der Waals surface area (Å²) in [6, 6.07) is 5.18. The van der Waals surface area contributed by atoms with E-state index in [1.54, 1.807) is 24.4 Å². The molecule has 0 radical (unpaired) electrons. The van der Waals surface area contributed by atoms with E-state index in [4.69, 9.17) is 10.8 Å². The van der Waals surface area contributed by atoms with Crippen molar-refractivity contribution < 1.29 is 13.9 Å². The van der Waals surface area contributed by atoms with E-state index >= 15 is 0 Å². The molecule has 6 heteroatoms. The molecular weight excluding hydrogens is 250 g/mol. The second-order valence-electron chi connectivity index (χ2n) is 3.72. The van der Waals surface area contributed by atoms with Crippen LogP contribution in [0.25, 0.3) is 10.9 Å². The van der Waals surface area contributed by atoms with Crippen molar-refractivity contribution in [2.75, 3.05) is 6.61 Å². The number of nitrogens with two attached hydrogens (primary N) is 1. The number of benzene rings is 1. The van der Waals surface area contributed by atoms with Gasteiger partial charge in [-0.3, -0.25) is 0 Å². The Morgan fingerprint density at radius 2 is 2.06 bits per heavy atom. The summed E-state index contributed by atoms with van der Waals surface area (Å²) < 4.78 is 26.3. The third-order valence-corrected chi connectivity index (χ3v) is 2.60. The third-order valence-electron chi connectivity index (χ3n) is 2.60.